The highest BCUT2D eigenvalue weighted by molar-refractivity contribution is 9.09. The third kappa shape index (κ3) is 2.30. The van der Waals surface area contributed by atoms with Gasteiger partial charge in [-0.2, -0.15) is 0 Å². The average molecular weight is 295 g/mol. The summed E-state index contributed by atoms with van der Waals surface area (Å²) in [5, 5.41) is 0. The van der Waals surface area contributed by atoms with Crippen molar-refractivity contribution in [2.75, 3.05) is 0 Å². The molecule has 1 aromatic carbocycles. The van der Waals surface area contributed by atoms with Crippen molar-refractivity contribution in [2.45, 2.75) is 49.6 Å². The molecule has 0 radical (unpaired) electrons. The number of ether oxygens (including phenoxy) is 1. The predicted molar refractivity (Wildman–Crippen MR) is 73.5 cm³/mol. The van der Waals surface area contributed by atoms with E-state index < -0.39 is 0 Å². The van der Waals surface area contributed by atoms with Crippen molar-refractivity contribution in [3.05, 3.63) is 35.4 Å². The molecule has 0 saturated carbocycles. The van der Waals surface area contributed by atoms with Crippen molar-refractivity contribution in [1.29, 1.82) is 0 Å². The molecule has 0 bridgehead atoms. The fraction of sp³-hybridized carbons (Fsp3) is 0.600. The molecule has 2 aliphatic rings. The Balaban J connectivity index is 1.68. The van der Waals surface area contributed by atoms with E-state index in [9.17, 15) is 0 Å². The van der Waals surface area contributed by atoms with Crippen LogP contribution in [0.4, 0.5) is 0 Å². The smallest absolute Gasteiger partial charge is 0.0583 e. The van der Waals surface area contributed by atoms with Crippen LogP contribution in [0.2, 0.25) is 0 Å². The summed E-state index contributed by atoms with van der Waals surface area (Å²) < 4.78 is 5.95. The third-order valence-electron chi connectivity index (χ3n) is 4.13. The zero-order valence-electron chi connectivity index (χ0n) is 10.2. The molecule has 92 valence electrons. The second kappa shape index (κ2) is 4.74. The van der Waals surface area contributed by atoms with E-state index in [0.29, 0.717) is 23.0 Å². The summed E-state index contributed by atoms with van der Waals surface area (Å²) in [5.74, 6) is 0.711. The molecule has 3 rings (SSSR count). The summed E-state index contributed by atoms with van der Waals surface area (Å²) >= 11 is 3.87. The largest absolute Gasteiger partial charge is 0.375 e. The molecule has 17 heavy (non-hydrogen) atoms. The normalized spacial score (nSPS) is 36.1. The average Bonchev–Trinajstić information content (AvgIpc) is 2.86. The lowest BCUT2D eigenvalue weighted by atomic mass is 9.97. The Morgan fingerprint density at radius 1 is 1.29 bits per heavy atom. The van der Waals surface area contributed by atoms with Gasteiger partial charge in [-0.05, 0) is 49.7 Å². The van der Waals surface area contributed by atoms with Crippen molar-refractivity contribution in [2.24, 2.45) is 5.92 Å². The van der Waals surface area contributed by atoms with Gasteiger partial charge in [0.15, 0.2) is 0 Å². The Kier molecular flexibility index (Phi) is 3.27. The van der Waals surface area contributed by atoms with Crippen LogP contribution >= 0.6 is 15.9 Å². The van der Waals surface area contributed by atoms with Crippen LogP contribution in [0.5, 0.6) is 0 Å². The van der Waals surface area contributed by atoms with Gasteiger partial charge in [0.05, 0.1) is 12.2 Å². The highest BCUT2D eigenvalue weighted by Gasteiger charge is 2.34. The van der Waals surface area contributed by atoms with Crippen LogP contribution in [0.3, 0.4) is 0 Å². The minimum Gasteiger partial charge on any atom is -0.375 e. The van der Waals surface area contributed by atoms with E-state index >= 15 is 0 Å². The molecule has 4 atom stereocenters. The van der Waals surface area contributed by atoms with E-state index in [1.54, 1.807) is 0 Å². The molecule has 1 fully saturated rings. The Labute approximate surface area is 112 Å². The van der Waals surface area contributed by atoms with E-state index in [-0.39, 0.29) is 0 Å². The summed E-state index contributed by atoms with van der Waals surface area (Å²) in [6.07, 6.45) is 5.85. The summed E-state index contributed by atoms with van der Waals surface area (Å²) in [7, 11) is 0. The van der Waals surface area contributed by atoms with Gasteiger partial charge in [-0.1, -0.05) is 40.2 Å². The van der Waals surface area contributed by atoms with Crippen LogP contribution in [0.1, 0.15) is 42.1 Å². The fourth-order valence-electron chi connectivity index (χ4n) is 3.23. The lowest BCUT2D eigenvalue weighted by Crippen LogP contribution is -2.15. The molecule has 0 N–H and O–H groups in total. The van der Waals surface area contributed by atoms with Crippen LogP contribution in [0.25, 0.3) is 0 Å². The van der Waals surface area contributed by atoms with Crippen LogP contribution in [-0.2, 0) is 11.2 Å². The van der Waals surface area contributed by atoms with Crippen molar-refractivity contribution in [3.8, 4) is 0 Å². The standard InChI is InChI=1S/C15H19BrO/c1-10-6-7-13(17-10)9-12-8-11-4-2-3-5-14(11)15(12)16/h2-5,10,12-13,15H,6-9H2,1H3. The van der Waals surface area contributed by atoms with E-state index in [0.717, 1.165) is 0 Å². The lowest BCUT2D eigenvalue weighted by Gasteiger charge is -2.19. The first-order valence-electron chi connectivity index (χ1n) is 6.61. The van der Waals surface area contributed by atoms with E-state index in [1.165, 1.54) is 36.8 Å². The third-order valence-corrected chi connectivity index (χ3v) is 5.37. The minimum absolute atomic E-state index is 0.470. The van der Waals surface area contributed by atoms with E-state index in [1.807, 2.05) is 0 Å². The Morgan fingerprint density at radius 3 is 2.82 bits per heavy atom. The number of hydrogen-bond acceptors (Lipinski definition) is 1. The highest BCUT2D eigenvalue weighted by atomic mass is 79.9. The second-order valence-corrected chi connectivity index (χ2v) is 6.43. The lowest BCUT2D eigenvalue weighted by molar-refractivity contribution is 0.0416. The molecule has 4 unspecified atom stereocenters. The maximum Gasteiger partial charge on any atom is 0.0583 e. The summed E-state index contributed by atoms with van der Waals surface area (Å²) in [6, 6.07) is 8.81. The molecule has 1 saturated heterocycles. The van der Waals surface area contributed by atoms with Crippen molar-refractivity contribution in [3.63, 3.8) is 0 Å². The van der Waals surface area contributed by atoms with Crippen LogP contribution in [0, 0.1) is 5.92 Å². The van der Waals surface area contributed by atoms with Gasteiger partial charge >= 0.3 is 0 Å². The molecule has 1 heterocycles. The molecule has 1 nitrogen and oxygen atoms in total. The Bertz CT molecular complexity index is 404. The molecule has 1 aliphatic heterocycles. The first-order chi connectivity index (χ1) is 8.24. The molecule has 0 aromatic heterocycles. The summed E-state index contributed by atoms with van der Waals surface area (Å²) in [6.45, 7) is 2.19. The Morgan fingerprint density at radius 2 is 2.12 bits per heavy atom. The van der Waals surface area contributed by atoms with Gasteiger partial charge in [-0.3, -0.25) is 0 Å². The maximum atomic E-state index is 5.95. The van der Waals surface area contributed by atoms with Gasteiger partial charge < -0.3 is 4.74 Å². The number of hydrogen-bond donors (Lipinski definition) is 0. The number of halogens is 1. The molecule has 1 aliphatic carbocycles. The molecule has 2 heteroatoms. The summed E-state index contributed by atoms with van der Waals surface area (Å²) in [4.78, 5) is 0.526. The zero-order chi connectivity index (χ0) is 11.8. The Hall–Kier alpha value is -0.340. The number of benzene rings is 1. The van der Waals surface area contributed by atoms with Crippen molar-refractivity contribution in [1.82, 2.24) is 0 Å². The monoisotopic (exact) mass is 294 g/mol. The number of alkyl halides is 1. The van der Waals surface area contributed by atoms with Gasteiger partial charge in [0.25, 0.3) is 0 Å². The van der Waals surface area contributed by atoms with Gasteiger partial charge in [0, 0.05) is 4.83 Å². The minimum atomic E-state index is 0.470. The number of fused-ring (bicyclic) bond motifs is 1. The van der Waals surface area contributed by atoms with Crippen LogP contribution in [0.15, 0.2) is 24.3 Å². The zero-order valence-corrected chi connectivity index (χ0v) is 11.8. The van der Waals surface area contributed by atoms with Crippen LogP contribution < -0.4 is 0 Å². The summed E-state index contributed by atoms with van der Waals surface area (Å²) in [5.41, 5.74) is 3.01. The first kappa shape index (κ1) is 11.7. The van der Waals surface area contributed by atoms with Crippen molar-refractivity contribution < 1.29 is 4.74 Å². The van der Waals surface area contributed by atoms with Crippen LogP contribution in [-0.4, -0.2) is 12.2 Å². The quantitative estimate of drug-likeness (QED) is 0.741. The molecule has 0 spiro atoms. The predicted octanol–water partition coefficient (Wildman–Crippen LogP) is 4.25. The van der Waals surface area contributed by atoms with E-state index in [4.69, 9.17) is 4.74 Å². The first-order valence-corrected chi connectivity index (χ1v) is 7.53. The number of rotatable bonds is 2. The van der Waals surface area contributed by atoms with Gasteiger partial charge in [-0.25, -0.2) is 0 Å². The SMILES string of the molecule is CC1CCC(CC2Cc3ccccc3C2Br)O1. The molecular formula is C15H19BrO. The highest BCUT2D eigenvalue weighted by Crippen LogP contribution is 2.45. The van der Waals surface area contributed by atoms with Gasteiger partial charge in [0.1, 0.15) is 0 Å². The maximum absolute atomic E-state index is 5.95. The van der Waals surface area contributed by atoms with E-state index in [2.05, 4.69) is 47.1 Å². The van der Waals surface area contributed by atoms with Crippen molar-refractivity contribution >= 4 is 15.9 Å². The topological polar surface area (TPSA) is 9.23 Å². The molecular weight excluding hydrogens is 276 g/mol. The fourth-order valence-corrected chi connectivity index (χ4v) is 4.08. The molecule has 0 amide bonds. The van der Waals surface area contributed by atoms with Gasteiger partial charge in [0.2, 0.25) is 0 Å². The second-order valence-electron chi connectivity index (χ2n) is 5.45. The molecule has 1 aromatic rings. The van der Waals surface area contributed by atoms with Gasteiger partial charge in [-0.15, -0.1) is 0 Å².